The molecule has 2 aromatic heterocycles. The summed E-state index contributed by atoms with van der Waals surface area (Å²) in [5, 5.41) is 30.9. The topological polar surface area (TPSA) is 116 Å². The van der Waals surface area contributed by atoms with Crippen LogP contribution in [-0.2, 0) is 6.54 Å². The molecular weight excluding hydrogens is 493 g/mol. The maximum Gasteiger partial charge on any atom is 0.367 e. The van der Waals surface area contributed by atoms with Crippen molar-refractivity contribution in [1.29, 1.82) is 0 Å². The minimum Gasteiger partial charge on any atom is -0.502 e. The first kappa shape index (κ1) is 22.6. The lowest BCUT2D eigenvalue weighted by atomic mass is 9.97. The highest BCUT2D eigenvalue weighted by Crippen LogP contribution is 2.35. The number of nitrogens with zero attached hydrogens (tertiary/aromatic N) is 5. The third kappa shape index (κ3) is 4.23. The Hall–Kier alpha value is -4.21. The fourth-order valence-electron chi connectivity index (χ4n) is 3.80. The largest absolute Gasteiger partial charge is 0.502 e. The second-order valence-corrected chi connectivity index (χ2v) is 8.58. The fourth-order valence-corrected chi connectivity index (χ4v) is 4.05. The predicted octanol–water partition coefficient (Wildman–Crippen LogP) is 5.19. The normalized spacial score (nSPS) is 11.1. The van der Waals surface area contributed by atoms with Crippen LogP contribution in [0.1, 0.15) is 5.56 Å². The summed E-state index contributed by atoms with van der Waals surface area (Å²) in [6.07, 6.45) is 1.58. The Morgan fingerprint density at radius 3 is 2.20 bits per heavy atom. The molecule has 0 radical (unpaired) electrons. The molecule has 35 heavy (non-hydrogen) atoms. The van der Waals surface area contributed by atoms with Crippen LogP contribution < -0.4 is 5.69 Å². The number of benzene rings is 3. The van der Waals surface area contributed by atoms with Gasteiger partial charge in [-0.1, -0.05) is 53.5 Å². The van der Waals surface area contributed by atoms with E-state index < -0.39 is 22.0 Å². The van der Waals surface area contributed by atoms with Crippen molar-refractivity contribution in [1.82, 2.24) is 19.4 Å². The average molecular weight is 508 g/mol. The molecule has 11 heteroatoms. The minimum absolute atomic E-state index is 0.0559. The number of phenols is 1. The molecule has 5 rings (SSSR count). The molecule has 0 aliphatic carbocycles. The van der Waals surface area contributed by atoms with E-state index in [0.29, 0.717) is 26.8 Å². The Morgan fingerprint density at radius 2 is 1.57 bits per heavy atom. The van der Waals surface area contributed by atoms with Gasteiger partial charge in [-0.05, 0) is 47.0 Å². The molecule has 0 aliphatic heterocycles. The van der Waals surface area contributed by atoms with E-state index >= 15 is 0 Å². The summed E-state index contributed by atoms with van der Waals surface area (Å²) in [4.78, 5) is 23.6. The molecule has 9 nitrogen and oxygen atoms in total. The maximum atomic E-state index is 13.1. The maximum absolute atomic E-state index is 13.1. The van der Waals surface area contributed by atoms with Crippen molar-refractivity contribution in [3.05, 3.63) is 109 Å². The molecule has 0 unspecified atom stereocenters. The lowest BCUT2D eigenvalue weighted by Gasteiger charge is -2.11. The second-order valence-electron chi connectivity index (χ2n) is 7.70. The molecule has 5 aromatic rings. The highest BCUT2D eigenvalue weighted by atomic mass is 35.5. The molecule has 3 aromatic carbocycles. The first-order valence-electron chi connectivity index (χ1n) is 10.3. The monoisotopic (exact) mass is 507 g/mol. The van der Waals surface area contributed by atoms with Crippen LogP contribution in [0.5, 0.6) is 5.75 Å². The molecule has 0 saturated carbocycles. The number of hydrogen-bond acceptors (Lipinski definition) is 6. The van der Waals surface area contributed by atoms with Gasteiger partial charge in [0.05, 0.1) is 17.7 Å². The summed E-state index contributed by atoms with van der Waals surface area (Å²) >= 11 is 12.2. The van der Waals surface area contributed by atoms with Crippen molar-refractivity contribution in [3.8, 4) is 28.0 Å². The molecule has 0 spiro atoms. The molecule has 0 bridgehead atoms. The van der Waals surface area contributed by atoms with E-state index in [1.165, 1.54) is 27.4 Å². The van der Waals surface area contributed by atoms with Gasteiger partial charge in [0, 0.05) is 27.2 Å². The van der Waals surface area contributed by atoms with E-state index in [0.717, 1.165) is 16.7 Å². The summed E-state index contributed by atoms with van der Waals surface area (Å²) in [6, 6.07) is 18.3. The zero-order valence-electron chi connectivity index (χ0n) is 17.8. The predicted molar refractivity (Wildman–Crippen MR) is 132 cm³/mol. The van der Waals surface area contributed by atoms with Gasteiger partial charge in [-0.3, -0.25) is 10.1 Å². The van der Waals surface area contributed by atoms with Crippen molar-refractivity contribution in [2.24, 2.45) is 0 Å². The Kier molecular flexibility index (Phi) is 5.72. The van der Waals surface area contributed by atoms with E-state index in [1.807, 2.05) is 24.3 Å². The average Bonchev–Trinajstić information content (AvgIpc) is 3.16. The molecule has 0 aliphatic rings. The van der Waals surface area contributed by atoms with Crippen LogP contribution in [0.25, 0.3) is 27.9 Å². The van der Waals surface area contributed by atoms with Crippen LogP contribution in [0, 0.1) is 10.1 Å². The van der Waals surface area contributed by atoms with Gasteiger partial charge in [0.1, 0.15) is 0 Å². The van der Waals surface area contributed by atoms with Gasteiger partial charge < -0.3 is 5.11 Å². The number of fused-ring (bicyclic) bond motifs is 1. The van der Waals surface area contributed by atoms with Gasteiger partial charge in [0.2, 0.25) is 0 Å². The van der Waals surface area contributed by atoms with Gasteiger partial charge in [-0.15, -0.1) is 5.10 Å². The number of rotatable bonds is 5. The molecule has 174 valence electrons. The number of hydrogen-bond donors (Lipinski definition) is 1. The first-order chi connectivity index (χ1) is 16.8. The Morgan fingerprint density at radius 1 is 0.943 bits per heavy atom. The van der Waals surface area contributed by atoms with Crippen molar-refractivity contribution < 1.29 is 10.0 Å². The highest BCUT2D eigenvalue weighted by Gasteiger charge is 2.20. The molecule has 2 heterocycles. The third-order valence-electron chi connectivity index (χ3n) is 5.47. The van der Waals surface area contributed by atoms with E-state index in [9.17, 15) is 20.0 Å². The van der Waals surface area contributed by atoms with Crippen molar-refractivity contribution in [3.63, 3.8) is 0 Å². The molecule has 0 fully saturated rings. The number of halogens is 2. The summed E-state index contributed by atoms with van der Waals surface area (Å²) in [5.41, 5.74) is 2.73. The van der Waals surface area contributed by atoms with Crippen LogP contribution in [0.15, 0.2) is 77.7 Å². The summed E-state index contributed by atoms with van der Waals surface area (Å²) in [7, 11) is 0. The second kappa shape index (κ2) is 8.86. The van der Waals surface area contributed by atoms with Crippen molar-refractivity contribution in [2.45, 2.75) is 6.54 Å². The standard InChI is InChI=1S/C24H15Cl2N5O4/c25-17-6-2-15(3-7-17)19-12-27-30-23(22(19)16-4-8-18(26)9-5-16)28-29(24(30)33)13-14-1-10-21(32)20(11-14)31(34)35/h1-12,32H,13H2. The van der Waals surface area contributed by atoms with Crippen LogP contribution in [0.4, 0.5) is 5.69 Å². The number of nitro groups is 1. The Balaban J connectivity index is 1.70. The van der Waals surface area contributed by atoms with Crippen LogP contribution >= 0.6 is 23.2 Å². The van der Waals surface area contributed by atoms with Crippen molar-refractivity contribution in [2.75, 3.05) is 0 Å². The van der Waals surface area contributed by atoms with Gasteiger partial charge >= 0.3 is 11.4 Å². The van der Waals surface area contributed by atoms with Crippen LogP contribution in [0.3, 0.4) is 0 Å². The molecule has 1 N–H and O–H groups in total. The number of aromatic hydroxyl groups is 1. The molecule has 0 atom stereocenters. The number of nitro benzene ring substituents is 1. The Bertz CT molecular complexity index is 1640. The summed E-state index contributed by atoms with van der Waals surface area (Å²) < 4.78 is 2.35. The minimum atomic E-state index is -0.691. The van der Waals surface area contributed by atoms with Crippen LogP contribution in [-0.4, -0.2) is 29.4 Å². The van der Waals surface area contributed by atoms with Gasteiger partial charge in [0.25, 0.3) is 0 Å². The van der Waals surface area contributed by atoms with Gasteiger partial charge in [0.15, 0.2) is 11.4 Å². The lowest BCUT2D eigenvalue weighted by Crippen LogP contribution is -2.23. The van der Waals surface area contributed by atoms with Crippen LogP contribution in [0.2, 0.25) is 10.0 Å². The first-order valence-corrected chi connectivity index (χ1v) is 11.0. The zero-order chi connectivity index (χ0) is 24.7. The fraction of sp³-hybridized carbons (Fsp3) is 0.0417. The molecule has 0 amide bonds. The smallest absolute Gasteiger partial charge is 0.367 e. The number of aromatic nitrogens is 4. The van der Waals surface area contributed by atoms with E-state index in [2.05, 4.69) is 10.2 Å². The van der Waals surface area contributed by atoms with E-state index in [4.69, 9.17) is 23.2 Å². The Labute approximate surface area is 207 Å². The van der Waals surface area contributed by atoms with Gasteiger partial charge in [-0.25, -0.2) is 9.48 Å². The quantitative estimate of drug-likeness (QED) is 0.258. The lowest BCUT2D eigenvalue weighted by molar-refractivity contribution is -0.385. The zero-order valence-corrected chi connectivity index (χ0v) is 19.3. The van der Waals surface area contributed by atoms with Crippen molar-refractivity contribution >= 4 is 34.5 Å². The summed E-state index contributed by atoms with van der Waals surface area (Å²) in [5.74, 6) is -0.458. The van der Waals surface area contributed by atoms with Gasteiger partial charge in [-0.2, -0.15) is 9.61 Å². The van der Waals surface area contributed by atoms with E-state index in [1.54, 1.807) is 30.5 Å². The summed E-state index contributed by atoms with van der Waals surface area (Å²) in [6.45, 7) is -0.0559. The molecule has 0 saturated heterocycles. The third-order valence-corrected chi connectivity index (χ3v) is 5.97. The van der Waals surface area contributed by atoms with E-state index in [-0.39, 0.29) is 6.54 Å². The highest BCUT2D eigenvalue weighted by molar-refractivity contribution is 6.31. The molecular formula is C24H15Cl2N5O4. The SMILES string of the molecule is O=c1n(Cc2ccc(O)c([N+](=O)[O-])c2)nc2c(-c3ccc(Cl)cc3)c(-c3ccc(Cl)cc3)cnn12. The number of phenolic OH excluding ortho intramolecular Hbond substituents is 1.